The van der Waals surface area contributed by atoms with Crippen LogP contribution in [0.2, 0.25) is 0 Å². The molecule has 0 atom stereocenters. The Morgan fingerprint density at radius 2 is 1.55 bits per heavy atom. The van der Waals surface area contributed by atoms with E-state index in [4.69, 9.17) is 4.74 Å². The quantitative estimate of drug-likeness (QED) is 0.249. The van der Waals surface area contributed by atoms with Crippen LogP contribution in [0.3, 0.4) is 0 Å². The minimum absolute atomic E-state index is 0.808. The van der Waals surface area contributed by atoms with Crippen molar-refractivity contribution < 1.29 is 4.74 Å². The lowest BCUT2D eigenvalue weighted by Crippen LogP contribution is -1.99. The minimum atomic E-state index is 0.808. The van der Waals surface area contributed by atoms with Gasteiger partial charge in [-0.1, -0.05) is 72.5 Å². The van der Waals surface area contributed by atoms with Crippen LogP contribution in [0.1, 0.15) is 12.0 Å². The fraction of sp³-hybridized carbons (Fsp3) is 0.0690. The zero-order chi connectivity index (χ0) is 20.5. The molecule has 0 unspecified atom stereocenters. The molecule has 0 spiro atoms. The Balaban J connectivity index is 1.86. The first-order chi connectivity index (χ1) is 15.3. The molecule has 7 rings (SSSR count). The van der Waals surface area contributed by atoms with Gasteiger partial charge in [-0.25, -0.2) is 0 Å². The first-order valence-corrected chi connectivity index (χ1v) is 10.7. The molecular formula is C29H19NO. The number of allylic oxidation sites excluding steroid dienone is 2. The lowest BCUT2D eigenvalue weighted by molar-refractivity contribution is 0.453. The third-order valence-corrected chi connectivity index (χ3v) is 6.61. The molecule has 0 N–H and O–H groups in total. The molecule has 2 nitrogen and oxygen atoms in total. The van der Waals surface area contributed by atoms with E-state index in [1.165, 1.54) is 43.7 Å². The van der Waals surface area contributed by atoms with Gasteiger partial charge in [0.25, 0.3) is 0 Å². The van der Waals surface area contributed by atoms with E-state index in [1.54, 1.807) is 0 Å². The van der Waals surface area contributed by atoms with E-state index in [9.17, 15) is 0 Å². The summed E-state index contributed by atoms with van der Waals surface area (Å²) in [6.07, 6.45) is 5.19. The summed E-state index contributed by atoms with van der Waals surface area (Å²) >= 11 is 0. The number of para-hydroxylation sites is 2. The van der Waals surface area contributed by atoms with E-state index in [-0.39, 0.29) is 0 Å². The van der Waals surface area contributed by atoms with Crippen LogP contribution in [0, 0.1) is 0 Å². The molecule has 2 heterocycles. The molecule has 0 bridgehead atoms. The van der Waals surface area contributed by atoms with Crippen LogP contribution < -0.4 is 4.74 Å². The van der Waals surface area contributed by atoms with Gasteiger partial charge in [-0.2, -0.15) is 0 Å². The number of hydrogen-bond acceptors (Lipinski definition) is 1. The Kier molecular flexibility index (Phi) is 3.25. The smallest absolute Gasteiger partial charge is 0.176 e. The summed E-state index contributed by atoms with van der Waals surface area (Å²) in [5, 5.41) is 5.09. The van der Waals surface area contributed by atoms with Crippen molar-refractivity contribution in [1.82, 2.24) is 4.57 Å². The van der Waals surface area contributed by atoms with Crippen molar-refractivity contribution in [3.05, 3.63) is 102 Å². The van der Waals surface area contributed by atoms with Crippen LogP contribution in [0.4, 0.5) is 0 Å². The van der Waals surface area contributed by atoms with Gasteiger partial charge in [0.1, 0.15) is 5.75 Å². The highest BCUT2D eigenvalue weighted by Crippen LogP contribution is 2.51. The Hall–Kier alpha value is -4.00. The van der Waals surface area contributed by atoms with Crippen LogP contribution >= 0.6 is 0 Å². The molecule has 2 aliphatic rings. The van der Waals surface area contributed by atoms with Gasteiger partial charge in [0.15, 0.2) is 5.76 Å². The molecule has 2 heteroatoms. The van der Waals surface area contributed by atoms with E-state index in [0.717, 1.165) is 29.1 Å². The number of benzene rings is 4. The zero-order valence-corrected chi connectivity index (χ0v) is 17.1. The maximum Gasteiger partial charge on any atom is 0.176 e. The summed E-state index contributed by atoms with van der Waals surface area (Å²) in [6.45, 7) is 0. The van der Waals surface area contributed by atoms with E-state index in [0.29, 0.717) is 0 Å². The van der Waals surface area contributed by atoms with Crippen molar-refractivity contribution in [2.45, 2.75) is 6.42 Å². The van der Waals surface area contributed by atoms with Gasteiger partial charge >= 0.3 is 0 Å². The van der Waals surface area contributed by atoms with Gasteiger partial charge in [0.2, 0.25) is 0 Å². The lowest BCUT2D eigenvalue weighted by atomic mass is 9.85. The van der Waals surface area contributed by atoms with Crippen molar-refractivity contribution >= 4 is 38.2 Å². The second kappa shape index (κ2) is 6.01. The number of ether oxygens (including phenoxy) is 1. The molecule has 4 aromatic carbocycles. The maximum absolute atomic E-state index is 6.46. The SMILES string of the molecule is Cn1c2ccccc2c2c3c(c4ccccc4c21)C1=CCC=C=C1Oc1ccccc1-3. The van der Waals surface area contributed by atoms with Crippen LogP contribution in [0.5, 0.6) is 5.75 Å². The van der Waals surface area contributed by atoms with E-state index >= 15 is 0 Å². The number of aromatic nitrogens is 1. The lowest BCUT2D eigenvalue weighted by Gasteiger charge is -2.17. The second-order valence-electron chi connectivity index (χ2n) is 8.22. The molecule has 0 saturated heterocycles. The van der Waals surface area contributed by atoms with Crippen molar-refractivity contribution in [3.63, 3.8) is 0 Å². The van der Waals surface area contributed by atoms with E-state index in [2.05, 4.69) is 90.2 Å². The molecule has 1 aromatic heterocycles. The Bertz CT molecular complexity index is 1670. The number of rotatable bonds is 0. The average Bonchev–Trinajstić information content (AvgIpc) is 3.03. The van der Waals surface area contributed by atoms with Crippen molar-refractivity contribution in [3.8, 4) is 16.9 Å². The summed E-state index contributed by atoms with van der Waals surface area (Å²) in [7, 11) is 2.18. The fourth-order valence-electron chi connectivity index (χ4n) is 5.35. The summed E-state index contributed by atoms with van der Waals surface area (Å²) < 4.78 is 8.80. The predicted octanol–water partition coefficient (Wildman–Crippen LogP) is 7.37. The van der Waals surface area contributed by atoms with Gasteiger partial charge in [-0.3, -0.25) is 0 Å². The minimum Gasteiger partial charge on any atom is -0.448 e. The molecule has 31 heavy (non-hydrogen) atoms. The van der Waals surface area contributed by atoms with Crippen LogP contribution in [0.15, 0.2) is 96.4 Å². The molecule has 5 aromatic rings. The average molecular weight is 397 g/mol. The first-order valence-electron chi connectivity index (χ1n) is 10.7. The number of fused-ring (bicyclic) bond motifs is 12. The summed E-state index contributed by atoms with van der Waals surface area (Å²) in [5.74, 6) is 1.69. The monoisotopic (exact) mass is 397 g/mol. The van der Waals surface area contributed by atoms with Gasteiger partial charge in [0.05, 0.1) is 5.52 Å². The predicted molar refractivity (Wildman–Crippen MR) is 128 cm³/mol. The standard InChI is InChI=1S/C29H19NO/c1-30-23-15-7-4-12-20(23)28-27-22-14-6-9-17-25(22)31-24-16-8-5-13-21(24)26(27)18-10-2-3-11-19(18)29(28)30/h2-4,6-15,17H,5H2,1H3. The number of nitrogens with zero attached hydrogens (tertiary/aromatic N) is 1. The molecule has 0 fully saturated rings. The van der Waals surface area contributed by atoms with Crippen LogP contribution in [-0.2, 0) is 7.05 Å². The van der Waals surface area contributed by atoms with Crippen molar-refractivity contribution in [2.24, 2.45) is 7.05 Å². The third-order valence-electron chi connectivity index (χ3n) is 6.61. The van der Waals surface area contributed by atoms with Crippen LogP contribution in [-0.4, -0.2) is 4.57 Å². The molecule has 0 radical (unpaired) electrons. The maximum atomic E-state index is 6.46. The number of hydrogen-bond donors (Lipinski definition) is 0. The highest BCUT2D eigenvalue weighted by atomic mass is 16.5. The van der Waals surface area contributed by atoms with Gasteiger partial charge in [-0.15, -0.1) is 0 Å². The van der Waals surface area contributed by atoms with Crippen LogP contribution in [0.25, 0.3) is 49.3 Å². The number of aryl methyl sites for hydroxylation is 1. The van der Waals surface area contributed by atoms with Gasteiger partial charge < -0.3 is 9.30 Å². The largest absolute Gasteiger partial charge is 0.448 e. The van der Waals surface area contributed by atoms with Gasteiger partial charge in [-0.05, 0) is 30.0 Å². The molecule has 0 saturated carbocycles. The van der Waals surface area contributed by atoms with E-state index in [1.807, 2.05) is 12.1 Å². The molecule has 1 aliphatic heterocycles. The Morgan fingerprint density at radius 1 is 0.806 bits per heavy atom. The fourth-order valence-corrected chi connectivity index (χ4v) is 5.35. The molecule has 0 amide bonds. The van der Waals surface area contributed by atoms with Crippen molar-refractivity contribution in [1.29, 1.82) is 0 Å². The molecule has 146 valence electrons. The molecular weight excluding hydrogens is 378 g/mol. The highest BCUT2D eigenvalue weighted by Gasteiger charge is 2.29. The summed E-state index contributed by atoms with van der Waals surface area (Å²) in [4.78, 5) is 0. The second-order valence-corrected chi connectivity index (χ2v) is 8.22. The summed E-state index contributed by atoms with van der Waals surface area (Å²) in [5.41, 5.74) is 10.7. The van der Waals surface area contributed by atoms with E-state index < -0.39 is 0 Å². The molecule has 1 aliphatic carbocycles. The third kappa shape index (κ3) is 2.12. The Labute approximate surface area is 180 Å². The topological polar surface area (TPSA) is 14.2 Å². The summed E-state index contributed by atoms with van der Waals surface area (Å²) in [6, 6.07) is 25.9. The zero-order valence-electron chi connectivity index (χ0n) is 17.1. The normalized spacial score (nSPS) is 14.5. The first kappa shape index (κ1) is 16.8. The van der Waals surface area contributed by atoms with Crippen molar-refractivity contribution in [2.75, 3.05) is 0 Å². The Morgan fingerprint density at radius 3 is 2.45 bits per heavy atom. The highest BCUT2D eigenvalue weighted by molar-refractivity contribution is 6.27. The van der Waals surface area contributed by atoms with Gasteiger partial charge in [0, 0.05) is 51.0 Å².